The summed E-state index contributed by atoms with van der Waals surface area (Å²) in [6.07, 6.45) is 3.58. The van der Waals surface area contributed by atoms with Crippen LogP contribution in [0, 0.1) is 17.8 Å². The molecule has 1 nitrogen and oxygen atoms in total. The topological polar surface area (TPSA) is 20.2 Å². The van der Waals surface area contributed by atoms with E-state index in [4.69, 9.17) is 5.11 Å². The lowest BCUT2D eigenvalue weighted by molar-refractivity contribution is 0.181. The summed E-state index contributed by atoms with van der Waals surface area (Å²) in [4.78, 5) is 0. The molecule has 74 valence electrons. The highest BCUT2D eigenvalue weighted by Gasteiger charge is 2.12. The van der Waals surface area contributed by atoms with Gasteiger partial charge in [0.15, 0.2) is 0 Å². The Balaban J connectivity index is 3.66. The van der Waals surface area contributed by atoms with E-state index in [1.54, 1.807) is 0 Å². The minimum absolute atomic E-state index is 0.364. The van der Waals surface area contributed by atoms with E-state index in [-0.39, 0.29) is 0 Å². The molecule has 0 aromatic carbocycles. The van der Waals surface area contributed by atoms with E-state index in [0.29, 0.717) is 18.4 Å². The van der Waals surface area contributed by atoms with Crippen LogP contribution in [0.1, 0.15) is 47.0 Å². The molecule has 12 heavy (non-hydrogen) atoms. The molecule has 0 saturated heterocycles. The van der Waals surface area contributed by atoms with Gasteiger partial charge in [-0.25, -0.2) is 0 Å². The predicted molar refractivity (Wildman–Crippen MR) is 54.1 cm³/mol. The minimum Gasteiger partial charge on any atom is -0.396 e. The Morgan fingerprint density at radius 3 is 2.00 bits per heavy atom. The van der Waals surface area contributed by atoms with E-state index in [2.05, 4.69) is 27.7 Å². The lowest BCUT2D eigenvalue weighted by atomic mass is 9.88. The van der Waals surface area contributed by atoms with E-state index in [1.165, 1.54) is 19.3 Å². The van der Waals surface area contributed by atoms with Crippen LogP contribution in [-0.4, -0.2) is 11.7 Å². The average Bonchev–Trinajstić information content (AvgIpc) is 2.02. The van der Waals surface area contributed by atoms with Gasteiger partial charge in [-0.15, -0.1) is 0 Å². The van der Waals surface area contributed by atoms with Crippen molar-refractivity contribution < 1.29 is 5.11 Å². The van der Waals surface area contributed by atoms with Gasteiger partial charge >= 0.3 is 0 Å². The first-order valence-corrected chi connectivity index (χ1v) is 5.20. The Morgan fingerprint density at radius 2 is 1.67 bits per heavy atom. The molecular formula is C11H24O. The Kier molecular flexibility index (Phi) is 6.45. The third kappa shape index (κ3) is 5.59. The summed E-state index contributed by atoms with van der Waals surface area (Å²) in [5.74, 6) is 2.01. The maximum absolute atomic E-state index is 9.12. The molecule has 0 aliphatic carbocycles. The molecule has 2 atom stereocenters. The van der Waals surface area contributed by atoms with Gasteiger partial charge in [0.2, 0.25) is 0 Å². The lowest BCUT2D eigenvalue weighted by Crippen LogP contribution is -2.12. The van der Waals surface area contributed by atoms with Crippen molar-refractivity contribution in [1.82, 2.24) is 0 Å². The van der Waals surface area contributed by atoms with Gasteiger partial charge in [0.05, 0.1) is 0 Å². The Labute approximate surface area is 77.2 Å². The zero-order valence-corrected chi connectivity index (χ0v) is 9.01. The summed E-state index contributed by atoms with van der Waals surface area (Å²) in [6.45, 7) is 9.29. The van der Waals surface area contributed by atoms with Crippen molar-refractivity contribution in [3.8, 4) is 0 Å². The van der Waals surface area contributed by atoms with Crippen molar-refractivity contribution in [2.24, 2.45) is 17.8 Å². The van der Waals surface area contributed by atoms with Crippen LogP contribution >= 0.6 is 0 Å². The van der Waals surface area contributed by atoms with Crippen molar-refractivity contribution in [3.63, 3.8) is 0 Å². The molecule has 0 radical (unpaired) electrons. The third-order valence-electron chi connectivity index (χ3n) is 2.50. The molecule has 0 aromatic rings. The van der Waals surface area contributed by atoms with Gasteiger partial charge in [0, 0.05) is 6.61 Å². The van der Waals surface area contributed by atoms with E-state index in [0.717, 1.165) is 5.92 Å². The molecule has 1 N–H and O–H groups in total. The molecule has 2 unspecified atom stereocenters. The van der Waals surface area contributed by atoms with Crippen LogP contribution in [0.2, 0.25) is 0 Å². The van der Waals surface area contributed by atoms with Gasteiger partial charge in [-0.3, -0.25) is 0 Å². The molecule has 0 aliphatic heterocycles. The van der Waals surface area contributed by atoms with E-state index in [9.17, 15) is 0 Å². The molecule has 0 fully saturated rings. The zero-order chi connectivity index (χ0) is 9.56. The van der Waals surface area contributed by atoms with Gasteiger partial charge in [-0.1, -0.05) is 34.1 Å². The molecular weight excluding hydrogens is 148 g/mol. The van der Waals surface area contributed by atoms with Gasteiger partial charge < -0.3 is 5.11 Å². The van der Waals surface area contributed by atoms with Crippen LogP contribution in [0.4, 0.5) is 0 Å². The number of hydrogen-bond donors (Lipinski definition) is 1. The van der Waals surface area contributed by atoms with E-state index >= 15 is 0 Å². The van der Waals surface area contributed by atoms with Crippen LogP contribution in [0.3, 0.4) is 0 Å². The summed E-state index contributed by atoms with van der Waals surface area (Å²) in [5, 5.41) is 9.12. The molecule has 0 spiro atoms. The van der Waals surface area contributed by atoms with Crippen molar-refractivity contribution in [3.05, 3.63) is 0 Å². The SMILES string of the molecule is CCC(C)CC(CO)CC(C)C. The monoisotopic (exact) mass is 172 g/mol. The molecule has 0 bridgehead atoms. The van der Waals surface area contributed by atoms with E-state index in [1.807, 2.05) is 0 Å². The maximum Gasteiger partial charge on any atom is 0.0459 e. The van der Waals surface area contributed by atoms with Gasteiger partial charge in [0.1, 0.15) is 0 Å². The first-order chi connectivity index (χ1) is 5.60. The fourth-order valence-electron chi connectivity index (χ4n) is 1.65. The second-order valence-electron chi connectivity index (χ2n) is 4.43. The molecule has 0 rings (SSSR count). The lowest BCUT2D eigenvalue weighted by Gasteiger charge is -2.19. The third-order valence-corrected chi connectivity index (χ3v) is 2.50. The van der Waals surface area contributed by atoms with Gasteiger partial charge in [-0.05, 0) is 30.6 Å². The van der Waals surface area contributed by atoms with Crippen LogP contribution in [-0.2, 0) is 0 Å². The van der Waals surface area contributed by atoms with Crippen molar-refractivity contribution in [1.29, 1.82) is 0 Å². The Morgan fingerprint density at radius 1 is 1.08 bits per heavy atom. The first kappa shape index (κ1) is 12.0. The second-order valence-corrected chi connectivity index (χ2v) is 4.43. The number of aliphatic hydroxyl groups is 1. The van der Waals surface area contributed by atoms with Crippen LogP contribution < -0.4 is 0 Å². The number of rotatable bonds is 6. The van der Waals surface area contributed by atoms with Crippen molar-refractivity contribution in [2.75, 3.05) is 6.61 Å². The zero-order valence-electron chi connectivity index (χ0n) is 9.01. The fourth-order valence-corrected chi connectivity index (χ4v) is 1.65. The highest BCUT2D eigenvalue weighted by Crippen LogP contribution is 2.21. The Hall–Kier alpha value is -0.0400. The van der Waals surface area contributed by atoms with Crippen LogP contribution in [0.15, 0.2) is 0 Å². The summed E-state index contributed by atoms with van der Waals surface area (Å²) in [5.41, 5.74) is 0. The molecule has 0 amide bonds. The Bertz CT molecular complexity index is 99.2. The minimum atomic E-state index is 0.364. The summed E-state index contributed by atoms with van der Waals surface area (Å²) >= 11 is 0. The van der Waals surface area contributed by atoms with Crippen LogP contribution in [0.5, 0.6) is 0 Å². The fraction of sp³-hybridized carbons (Fsp3) is 1.00. The quantitative estimate of drug-likeness (QED) is 0.653. The van der Waals surface area contributed by atoms with Gasteiger partial charge in [0.25, 0.3) is 0 Å². The second kappa shape index (κ2) is 6.47. The predicted octanol–water partition coefficient (Wildman–Crippen LogP) is 3.08. The van der Waals surface area contributed by atoms with Crippen molar-refractivity contribution in [2.45, 2.75) is 47.0 Å². The smallest absolute Gasteiger partial charge is 0.0459 e. The maximum atomic E-state index is 9.12. The molecule has 0 heterocycles. The first-order valence-electron chi connectivity index (χ1n) is 5.20. The standard InChI is InChI=1S/C11H24O/c1-5-10(4)7-11(8-12)6-9(2)3/h9-12H,5-8H2,1-4H3. The number of aliphatic hydroxyl groups excluding tert-OH is 1. The summed E-state index contributed by atoms with van der Waals surface area (Å²) in [7, 11) is 0. The highest BCUT2D eigenvalue weighted by molar-refractivity contribution is 4.63. The molecule has 0 aliphatic rings. The largest absolute Gasteiger partial charge is 0.396 e. The van der Waals surface area contributed by atoms with Crippen molar-refractivity contribution >= 4 is 0 Å². The average molecular weight is 172 g/mol. The van der Waals surface area contributed by atoms with Gasteiger partial charge in [-0.2, -0.15) is 0 Å². The highest BCUT2D eigenvalue weighted by atomic mass is 16.3. The van der Waals surface area contributed by atoms with Crippen LogP contribution in [0.25, 0.3) is 0 Å². The molecule has 0 saturated carbocycles. The molecule has 0 aromatic heterocycles. The molecule has 1 heteroatoms. The summed E-state index contributed by atoms with van der Waals surface area (Å²) in [6, 6.07) is 0. The summed E-state index contributed by atoms with van der Waals surface area (Å²) < 4.78 is 0. The normalized spacial score (nSPS) is 16.5. The van der Waals surface area contributed by atoms with E-state index < -0.39 is 0 Å². The number of hydrogen-bond acceptors (Lipinski definition) is 1.